The normalized spacial score (nSPS) is 11.5. The molecule has 0 aliphatic rings. The van der Waals surface area contributed by atoms with Crippen molar-refractivity contribution in [2.75, 3.05) is 22.4 Å². The number of rotatable bonds is 7. The van der Waals surface area contributed by atoms with Crippen molar-refractivity contribution < 1.29 is 18.1 Å². The molecule has 12 heteroatoms. The maximum atomic E-state index is 12.6. The van der Waals surface area contributed by atoms with Crippen molar-refractivity contribution in [2.24, 2.45) is 0 Å². The number of amides is 1. The van der Waals surface area contributed by atoms with E-state index in [9.17, 15) is 28.1 Å². The van der Waals surface area contributed by atoms with Crippen molar-refractivity contribution >= 4 is 54.5 Å². The number of carbonyl (C=O) groups is 1. The third-order valence-corrected chi connectivity index (χ3v) is 6.70. The third-order valence-electron chi connectivity index (χ3n) is 4.63. The molecule has 0 fully saturated rings. The zero-order chi connectivity index (χ0) is 22.9. The number of anilines is 2. The number of nitrogens with zero attached hydrogens (tertiary/aromatic N) is 3. The number of non-ortho nitro benzene ring substituents is 1. The summed E-state index contributed by atoms with van der Waals surface area (Å²) in [4.78, 5) is 35.0. The summed E-state index contributed by atoms with van der Waals surface area (Å²) in [5, 5.41) is 13.7. The summed E-state index contributed by atoms with van der Waals surface area (Å²) < 4.78 is 27.8. The summed E-state index contributed by atoms with van der Waals surface area (Å²) >= 11 is 1.05. The van der Waals surface area contributed by atoms with Crippen LogP contribution in [-0.4, -0.2) is 36.6 Å². The van der Waals surface area contributed by atoms with Gasteiger partial charge in [0.1, 0.15) is 6.54 Å². The molecule has 164 valence electrons. The summed E-state index contributed by atoms with van der Waals surface area (Å²) in [7, 11) is -3.90. The fraction of sp³-hybridized carbons (Fsp3) is 0.263. The van der Waals surface area contributed by atoms with Crippen molar-refractivity contribution in [3.05, 3.63) is 61.7 Å². The molecule has 0 radical (unpaired) electrons. The zero-order valence-electron chi connectivity index (χ0n) is 17.0. The number of hydrogen-bond acceptors (Lipinski definition) is 7. The Morgan fingerprint density at radius 1 is 1.26 bits per heavy atom. The van der Waals surface area contributed by atoms with Crippen LogP contribution in [0.4, 0.5) is 17.1 Å². The van der Waals surface area contributed by atoms with E-state index in [2.05, 4.69) is 5.32 Å². The van der Waals surface area contributed by atoms with E-state index in [4.69, 9.17) is 0 Å². The molecule has 3 aromatic rings. The molecule has 1 heterocycles. The second-order valence-electron chi connectivity index (χ2n) is 6.84. The minimum atomic E-state index is -3.90. The lowest BCUT2D eigenvalue weighted by Gasteiger charge is -2.23. The van der Waals surface area contributed by atoms with Gasteiger partial charge < -0.3 is 5.32 Å². The number of carbonyl (C=O) groups excluding carboxylic acids is 1. The first-order valence-corrected chi connectivity index (χ1v) is 11.8. The molecule has 0 atom stereocenters. The molecule has 1 amide bonds. The van der Waals surface area contributed by atoms with Crippen LogP contribution in [0.25, 0.3) is 10.2 Å². The van der Waals surface area contributed by atoms with Gasteiger partial charge in [-0.1, -0.05) is 17.4 Å². The van der Waals surface area contributed by atoms with E-state index in [-0.39, 0.29) is 16.2 Å². The Hall–Kier alpha value is -3.25. The molecule has 0 spiro atoms. The van der Waals surface area contributed by atoms with Crippen LogP contribution in [0.2, 0.25) is 0 Å². The largest absolute Gasteiger partial charge is 0.324 e. The van der Waals surface area contributed by atoms with E-state index in [0.29, 0.717) is 22.5 Å². The average Bonchev–Trinajstić information content (AvgIpc) is 2.99. The van der Waals surface area contributed by atoms with E-state index in [1.54, 1.807) is 29.7 Å². The van der Waals surface area contributed by atoms with Crippen molar-refractivity contribution in [2.45, 2.75) is 20.4 Å². The number of thiazole rings is 1. The molecule has 0 saturated heterocycles. The number of nitrogens with one attached hydrogen (secondary N) is 1. The van der Waals surface area contributed by atoms with Crippen LogP contribution in [0.1, 0.15) is 12.5 Å². The van der Waals surface area contributed by atoms with Crippen LogP contribution < -0.4 is 14.5 Å². The number of benzene rings is 2. The van der Waals surface area contributed by atoms with Gasteiger partial charge in [0, 0.05) is 24.4 Å². The zero-order valence-corrected chi connectivity index (χ0v) is 18.6. The average molecular weight is 465 g/mol. The summed E-state index contributed by atoms with van der Waals surface area (Å²) in [6.07, 6.45) is 0.926. The van der Waals surface area contributed by atoms with Crippen molar-refractivity contribution in [1.82, 2.24) is 4.57 Å². The van der Waals surface area contributed by atoms with Crippen LogP contribution in [-0.2, 0) is 21.4 Å². The monoisotopic (exact) mass is 464 g/mol. The van der Waals surface area contributed by atoms with E-state index in [1.165, 1.54) is 12.1 Å². The Morgan fingerprint density at radius 3 is 2.58 bits per heavy atom. The topological polar surface area (TPSA) is 132 Å². The van der Waals surface area contributed by atoms with Gasteiger partial charge in [-0.2, -0.15) is 0 Å². The molecular formula is C19H20N4O6S2. The Morgan fingerprint density at radius 2 is 1.97 bits per heavy atom. The number of hydrogen-bond donors (Lipinski definition) is 1. The Labute approximate surface area is 181 Å². The van der Waals surface area contributed by atoms with Crippen LogP contribution >= 0.6 is 11.3 Å². The first-order chi connectivity index (χ1) is 14.5. The summed E-state index contributed by atoms with van der Waals surface area (Å²) in [5.74, 6) is -0.627. The van der Waals surface area contributed by atoms with Crippen molar-refractivity contribution in [3.63, 3.8) is 0 Å². The van der Waals surface area contributed by atoms with E-state index in [1.807, 2.05) is 6.92 Å². The number of nitro benzene ring substituents is 1. The van der Waals surface area contributed by atoms with E-state index >= 15 is 0 Å². The molecule has 31 heavy (non-hydrogen) atoms. The van der Waals surface area contributed by atoms with Gasteiger partial charge in [-0.25, -0.2) is 8.42 Å². The fourth-order valence-corrected chi connectivity index (χ4v) is 5.04. The molecular weight excluding hydrogens is 444 g/mol. The minimum absolute atomic E-state index is 0.0561. The molecule has 2 aromatic carbocycles. The van der Waals surface area contributed by atoms with Crippen LogP contribution in [0.3, 0.4) is 0 Å². The third kappa shape index (κ3) is 4.75. The number of fused-ring (bicyclic) bond motifs is 1. The lowest BCUT2D eigenvalue weighted by atomic mass is 10.2. The molecule has 0 aliphatic heterocycles. The highest BCUT2D eigenvalue weighted by Crippen LogP contribution is 2.28. The fourth-order valence-electron chi connectivity index (χ4n) is 3.14. The van der Waals surface area contributed by atoms with Gasteiger partial charge in [-0.05, 0) is 37.6 Å². The molecule has 1 N–H and O–H groups in total. The van der Waals surface area contributed by atoms with Crippen molar-refractivity contribution in [1.29, 1.82) is 0 Å². The molecule has 1 aromatic heterocycles. The van der Waals surface area contributed by atoms with Gasteiger partial charge in [-0.3, -0.25) is 28.6 Å². The second-order valence-corrected chi connectivity index (χ2v) is 9.74. The SMILES string of the molecule is CCn1c(=O)sc2cc(NC(=O)CN(c3cc([N+](=O)[O-])ccc3C)S(C)(=O)=O)ccc21. The van der Waals surface area contributed by atoms with Gasteiger partial charge in [-0.15, -0.1) is 0 Å². The van der Waals surface area contributed by atoms with E-state index in [0.717, 1.165) is 33.5 Å². The van der Waals surface area contributed by atoms with Gasteiger partial charge in [0.2, 0.25) is 15.9 Å². The molecule has 0 saturated carbocycles. The summed E-state index contributed by atoms with van der Waals surface area (Å²) in [6, 6.07) is 8.81. The Balaban J connectivity index is 1.89. The minimum Gasteiger partial charge on any atom is -0.324 e. The second kappa shape index (κ2) is 8.47. The van der Waals surface area contributed by atoms with Gasteiger partial charge in [0.15, 0.2) is 0 Å². The van der Waals surface area contributed by atoms with Crippen LogP contribution in [0.5, 0.6) is 0 Å². The molecule has 10 nitrogen and oxygen atoms in total. The highest BCUT2D eigenvalue weighted by atomic mass is 32.2. The standard InChI is InChI=1S/C19H20N4O6S2/c1-4-21-15-8-6-13(9-17(15)30-19(21)25)20-18(24)11-22(31(3,28)29)16-10-14(23(26)27)7-5-12(16)2/h5-10H,4,11H2,1-3H3,(H,20,24). The molecule has 0 aliphatic carbocycles. The molecule has 0 bridgehead atoms. The summed E-state index contributed by atoms with van der Waals surface area (Å²) in [6.45, 7) is 3.42. The lowest BCUT2D eigenvalue weighted by molar-refractivity contribution is -0.384. The number of nitro groups is 1. The first-order valence-electron chi connectivity index (χ1n) is 9.17. The maximum absolute atomic E-state index is 12.6. The summed E-state index contributed by atoms with van der Waals surface area (Å²) in [5.41, 5.74) is 1.40. The van der Waals surface area contributed by atoms with Crippen LogP contribution in [0, 0.1) is 17.0 Å². The highest BCUT2D eigenvalue weighted by Gasteiger charge is 2.24. The van der Waals surface area contributed by atoms with Gasteiger partial charge >= 0.3 is 4.87 Å². The van der Waals surface area contributed by atoms with Gasteiger partial charge in [0.05, 0.1) is 27.1 Å². The maximum Gasteiger partial charge on any atom is 0.308 e. The number of sulfonamides is 1. The predicted molar refractivity (Wildman–Crippen MR) is 120 cm³/mol. The molecule has 3 rings (SSSR count). The quantitative estimate of drug-likeness (QED) is 0.422. The smallest absolute Gasteiger partial charge is 0.308 e. The van der Waals surface area contributed by atoms with E-state index < -0.39 is 27.4 Å². The van der Waals surface area contributed by atoms with Crippen molar-refractivity contribution in [3.8, 4) is 0 Å². The molecule has 0 unspecified atom stereocenters. The predicted octanol–water partition coefficient (Wildman–Crippen LogP) is 2.70. The Bertz CT molecular complexity index is 1340. The van der Waals surface area contributed by atoms with Gasteiger partial charge in [0.25, 0.3) is 5.69 Å². The lowest BCUT2D eigenvalue weighted by Crippen LogP contribution is -2.37. The number of aryl methyl sites for hydroxylation is 2. The highest BCUT2D eigenvalue weighted by molar-refractivity contribution is 7.92. The Kier molecular flexibility index (Phi) is 6.13. The number of aromatic nitrogens is 1. The van der Waals surface area contributed by atoms with Crippen LogP contribution in [0.15, 0.2) is 41.2 Å². The first kappa shape index (κ1) is 22.4.